The number of carbonyl (C=O) groups excluding carboxylic acids is 2. The summed E-state index contributed by atoms with van der Waals surface area (Å²) in [5, 5.41) is 7.72. The average Bonchev–Trinajstić information content (AvgIpc) is 3.31. The van der Waals surface area contributed by atoms with E-state index in [1.54, 1.807) is 0 Å². The van der Waals surface area contributed by atoms with Crippen LogP contribution in [0.2, 0.25) is 0 Å². The zero-order valence-corrected chi connectivity index (χ0v) is 12.8. The summed E-state index contributed by atoms with van der Waals surface area (Å²) in [5.41, 5.74) is 3.24. The Morgan fingerprint density at radius 2 is 2.09 bits per heavy atom. The first-order chi connectivity index (χ1) is 11.2. The Morgan fingerprint density at radius 3 is 2.91 bits per heavy atom. The summed E-state index contributed by atoms with van der Waals surface area (Å²) in [6.45, 7) is 0.854. The average molecular weight is 309 g/mol. The zero-order chi connectivity index (χ0) is 15.6. The highest BCUT2D eigenvalue weighted by atomic mass is 16.2. The molecule has 2 aromatic rings. The normalized spacial score (nSPS) is 26.2. The van der Waals surface area contributed by atoms with Gasteiger partial charge in [-0.15, -0.1) is 0 Å². The maximum Gasteiger partial charge on any atom is 0.232 e. The molecular weight excluding hydrogens is 290 g/mol. The number of rotatable bonds is 2. The van der Waals surface area contributed by atoms with Gasteiger partial charge in [-0.05, 0) is 37.4 Å². The van der Waals surface area contributed by atoms with E-state index in [1.807, 2.05) is 22.8 Å². The van der Waals surface area contributed by atoms with Gasteiger partial charge in [0.2, 0.25) is 11.8 Å². The van der Waals surface area contributed by atoms with Crippen LogP contribution in [0.4, 0.5) is 0 Å². The summed E-state index contributed by atoms with van der Waals surface area (Å²) in [5.74, 6) is -0.222. The summed E-state index contributed by atoms with van der Waals surface area (Å²) in [6, 6.07) is 8.36. The van der Waals surface area contributed by atoms with E-state index >= 15 is 0 Å². The fraction of sp³-hybridized carbons (Fsp3) is 0.444. The highest BCUT2D eigenvalue weighted by Gasteiger charge is 2.43. The van der Waals surface area contributed by atoms with Crippen LogP contribution in [0.3, 0.4) is 0 Å². The second-order valence-corrected chi connectivity index (χ2v) is 6.89. The van der Waals surface area contributed by atoms with Gasteiger partial charge in [-0.25, -0.2) is 0 Å². The van der Waals surface area contributed by atoms with Crippen molar-refractivity contribution in [3.05, 3.63) is 35.5 Å². The molecule has 1 saturated carbocycles. The largest absolute Gasteiger partial charge is 0.353 e. The molecule has 5 rings (SSSR count). The van der Waals surface area contributed by atoms with Gasteiger partial charge in [-0.1, -0.05) is 18.2 Å². The van der Waals surface area contributed by atoms with E-state index in [9.17, 15) is 9.59 Å². The van der Waals surface area contributed by atoms with Crippen molar-refractivity contribution in [2.45, 2.75) is 37.8 Å². The summed E-state index contributed by atoms with van der Waals surface area (Å²) in [6.07, 6.45) is 3.32. The van der Waals surface area contributed by atoms with E-state index in [2.05, 4.69) is 16.7 Å². The lowest BCUT2D eigenvalue weighted by Gasteiger charge is -2.35. The fourth-order valence-electron chi connectivity index (χ4n) is 4.14. The Balaban J connectivity index is 1.66. The van der Waals surface area contributed by atoms with Gasteiger partial charge in [0, 0.05) is 23.5 Å². The maximum atomic E-state index is 12.8. The van der Waals surface area contributed by atoms with Crippen LogP contribution in [0.1, 0.15) is 41.4 Å². The number of carbonyl (C=O) groups is 2. The minimum atomic E-state index is -0.293. The van der Waals surface area contributed by atoms with Crippen LogP contribution >= 0.6 is 0 Å². The first-order valence-corrected chi connectivity index (χ1v) is 8.43. The third-order valence-electron chi connectivity index (χ3n) is 5.36. The van der Waals surface area contributed by atoms with E-state index in [4.69, 9.17) is 0 Å². The SMILES string of the molecule is O=C(NC1CC1)C1CC(=O)n2c3c(c4ccccc42)CCNC31. The fourth-order valence-corrected chi connectivity index (χ4v) is 4.14. The highest BCUT2D eigenvalue weighted by Crippen LogP contribution is 2.41. The van der Waals surface area contributed by atoms with Gasteiger partial charge in [0.25, 0.3) is 0 Å². The predicted molar refractivity (Wildman–Crippen MR) is 86.3 cm³/mol. The highest BCUT2D eigenvalue weighted by molar-refractivity contribution is 6.00. The molecule has 1 fully saturated rings. The Labute approximate surface area is 134 Å². The lowest BCUT2D eigenvalue weighted by Crippen LogP contribution is -2.48. The van der Waals surface area contributed by atoms with Crippen LogP contribution in [0, 0.1) is 5.92 Å². The van der Waals surface area contributed by atoms with Gasteiger partial charge in [-0.2, -0.15) is 0 Å². The molecule has 2 N–H and O–H groups in total. The van der Waals surface area contributed by atoms with Crippen molar-refractivity contribution in [1.82, 2.24) is 15.2 Å². The molecule has 5 nitrogen and oxygen atoms in total. The third-order valence-corrected chi connectivity index (χ3v) is 5.36. The van der Waals surface area contributed by atoms with Crippen LogP contribution < -0.4 is 10.6 Å². The van der Waals surface area contributed by atoms with E-state index in [0.29, 0.717) is 6.04 Å². The number of benzene rings is 1. The molecule has 23 heavy (non-hydrogen) atoms. The van der Waals surface area contributed by atoms with Crippen molar-refractivity contribution < 1.29 is 9.59 Å². The molecule has 118 valence electrons. The van der Waals surface area contributed by atoms with Gasteiger partial charge in [-0.3, -0.25) is 14.2 Å². The summed E-state index contributed by atoms with van der Waals surface area (Å²) < 4.78 is 1.85. The van der Waals surface area contributed by atoms with Crippen LogP contribution in [-0.2, 0) is 11.2 Å². The van der Waals surface area contributed by atoms with Crippen LogP contribution in [0.15, 0.2) is 24.3 Å². The van der Waals surface area contributed by atoms with Gasteiger partial charge in [0.1, 0.15) is 0 Å². The lowest BCUT2D eigenvalue weighted by molar-refractivity contribution is -0.126. The molecule has 3 heterocycles. The first kappa shape index (κ1) is 13.3. The molecule has 2 atom stereocenters. The molecule has 0 bridgehead atoms. The number of fused-ring (bicyclic) bond motifs is 3. The summed E-state index contributed by atoms with van der Waals surface area (Å²) in [4.78, 5) is 25.4. The van der Waals surface area contributed by atoms with Crippen LogP contribution in [0.5, 0.6) is 0 Å². The monoisotopic (exact) mass is 309 g/mol. The lowest BCUT2D eigenvalue weighted by atomic mass is 9.84. The van der Waals surface area contributed by atoms with E-state index in [-0.39, 0.29) is 30.2 Å². The summed E-state index contributed by atoms with van der Waals surface area (Å²) in [7, 11) is 0. The Morgan fingerprint density at radius 1 is 1.26 bits per heavy atom. The topological polar surface area (TPSA) is 63.1 Å². The minimum absolute atomic E-state index is 0.0303. The van der Waals surface area contributed by atoms with E-state index < -0.39 is 0 Å². The molecule has 0 saturated heterocycles. The van der Waals surface area contributed by atoms with Crippen LogP contribution in [0.25, 0.3) is 10.9 Å². The smallest absolute Gasteiger partial charge is 0.232 e. The molecule has 1 aromatic carbocycles. The van der Waals surface area contributed by atoms with E-state index in [0.717, 1.165) is 42.4 Å². The summed E-state index contributed by atoms with van der Waals surface area (Å²) >= 11 is 0. The van der Waals surface area contributed by atoms with Crippen molar-refractivity contribution in [3.63, 3.8) is 0 Å². The molecule has 0 spiro atoms. The number of nitrogens with one attached hydrogen (secondary N) is 2. The third kappa shape index (κ3) is 1.89. The molecule has 2 unspecified atom stereocenters. The quantitative estimate of drug-likeness (QED) is 0.888. The molecule has 2 aliphatic heterocycles. The standard InChI is InChI=1S/C18H19N3O2/c22-15-9-13(18(23)20-10-5-6-10)16-17-12(7-8-19-16)11-3-1-2-4-14(11)21(15)17/h1-4,10,13,16,19H,5-9H2,(H,20,23). The van der Waals surface area contributed by atoms with Crippen molar-refractivity contribution in [2.24, 2.45) is 5.92 Å². The molecule has 3 aliphatic rings. The number of hydrogen-bond donors (Lipinski definition) is 2. The Bertz CT molecular complexity index is 834. The second-order valence-electron chi connectivity index (χ2n) is 6.89. The molecule has 0 radical (unpaired) electrons. The molecule has 1 aliphatic carbocycles. The number of nitrogens with zero attached hydrogens (tertiary/aromatic N) is 1. The van der Waals surface area contributed by atoms with Crippen molar-refractivity contribution >= 4 is 22.7 Å². The first-order valence-electron chi connectivity index (χ1n) is 8.43. The molecular formula is C18H19N3O2. The number of aromatic nitrogens is 1. The predicted octanol–water partition coefficient (Wildman–Crippen LogP) is 1.77. The van der Waals surface area contributed by atoms with Crippen molar-refractivity contribution in [2.75, 3.05) is 6.54 Å². The van der Waals surface area contributed by atoms with Crippen LogP contribution in [-0.4, -0.2) is 29.0 Å². The van der Waals surface area contributed by atoms with E-state index in [1.165, 1.54) is 5.56 Å². The minimum Gasteiger partial charge on any atom is -0.353 e. The van der Waals surface area contributed by atoms with Gasteiger partial charge in [0.05, 0.1) is 17.5 Å². The van der Waals surface area contributed by atoms with Crippen molar-refractivity contribution in [1.29, 1.82) is 0 Å². The molecule has 1 amide bonds. The Kier molecular flexibility index (Phi) is 2.71. The zero-order valence-electron chi connectivity index (χ0n) is 12.8. The molecule has 1 aromatic heterocycles. The van der Waals surface area contributed by atoms with Gasteiger partial charge < -0.3 is 10.6 Å². The van der Waals surface area contributed by atoms with Gasteiger partial charge in [0.15, 0.2) is 0 Å². The number of amides is 1. The number of para-hydroxylation sites is 1. The van der Waals surface area contributed by atoms with Crippen molar-refractivity contribution in [3.8, 4) is 0 Å². The van der Waals surface area contributed by atoms with Gasteiger partial charge >= 0.3 is 0 Å². The molecule has 5 heteroatoms. The second kappa shape index (κ2) is 4.68. The number of hydrogen-bond acceptors (Lipinski definition) is 3. The Hall–Kier alpha value is -2.14. The maximum absolute atomic E-state index is 12.8.